The van der Waals surface area contributed by atoms with Crippen molar-refractivity contribution in [1.29, 1.82) is 0 Å². The van der Waals surface area contributed by atoms with Crippen molar-refractivity contribution in [2.24, 2.45) is 5.73 Å². The lowest BCUT2D eigenvalue weighted by Gasteiger charge is -2.33. The van der Waals surface area contributed by atoms with Crippen molar-refractivity contribution in [1.82, 2.24) is 10.2 Å². The summed E-state index contributed by atoms with van der Waals surface area (Å²) < 4.78 is 5.16. The normalized spacial score (nSPS) is 17.8. The molecule has 1 saturated heterocycles. The van der Waals surface area contributed by atoms with E-state index in [-0.39, 0.29) is 6.04 Å². The monoisotopic (exact) mass is 241 g/mol. The Morgan fingerprint density at radius 2 is 1.94 bits per heavy atom. The molecule has 0 radical (unpaired) electrons. The Bertz CT molecular complexity index is 289. The summed E-state index contributed by atoms with van der Waals surface area (Å²) in [6.07, 6.45) is 1.39. The first-order valence-electron chi connectivity index (χ1n) is 5.97. The number of piperidine rings is 1. The number of ether oxygens (including phenoxy) is 1. The number of hydrogen-bond donors (Lipinski definition) is 2. The molecule has 1 rings (SSSR count). The van der Waals surface area contributed by atoms with E-state index in [0.29, 0.717) is 5.82 Å². The van der Waals surface area contributed by atoms with Gasteiger partial charge in [0, 0.05) is 19.1 Å². The van der Waals surface area contributed by atoms with Crippen molar-refractivity contribution in [2.75, 3.05) is 13.1 Å². The molecule has 0 saturated carbocycles. The van der Waals surface area contributed by atoms with Crippen LogP contribution in [-0.2, 0) is 4.74 Å². The van der Waals surface area contributed by atoms with Crippen LogP contribution in [0.3, 0.4) is 0 Å². The quantitative estimate of drug-likeness (QED) is 0.767. The van der Waals surface area contributed by atoms with Crippen LogP contribution in [0, 0.1) is 0 Å². The maximum Gasteiger partial charge on any atom is 0.413 e. The standard InChI is InChI=1S/C12H23N3O2/c1-9(14-11(16)17-12(2,3)4)15-7-5-10(13)6-8-15/h10H,1,5-8,13H2,2-4H3,(H,14,16). The van der Waals surface area contributed by atoms with Crippen LogP contribution in [0.1, 0.15) is 33.6 Å². The minimum atomic E-state index is -0.491. The Balaban J connectivity index is 2.36. The summed E-state index contributed by atoms with van der Waals surface area (Å²) in [5.74, 6) is 0.589. The zero-order valence-electron chi connectivity index (χ0n) is 11.0. The number of likely N-dealkylation sites (tertiary alicyclic amines) is 1. The summed E-state index contributed by atoms with van der Waals surface area (Å²) in [7, 11) is 0. The second kappa shape index (κ2) is 5.40. The average molecular weight is 241 g/mol. The van der Waals surface area contributed by atoms with E-state index in [4.69, 9.17) is 10.5 Å². The van der Waals surface area contributed by atoms with Gasteiger partial charge in [-0.1, -0.05) is 6.58 Å². The van der Waals surface area contributed by atoms with Crippen LogP contribution >= 0.6 is 0 Å². The van der Waals surface area contributed by atoms with Crippen LogP contribution in [0.2, 0.25) is 0 Å². The molecule has 1 aliphatic rings. The first-order chi connectivity index (χ1) is 7.78. The number of nitrogens with one attached hydrogen (secondary N) is 1. The van der Waals surface area contributed by atoms with Crippen LogP contribution in [0.5, 0.6) is 0 Å². The molecular formula is C12H23N3O2. The molecule has 5 heteroatoms. The molecule has 1 heterocycles. The lowest BCUT2D eigenvalue weighted by molar-refractivity contribution is 0.0524. The molecule has 17 heavy (non-hydrogen) atoms. The fourth-order valence-corrected chi connectivity index (χ4v) is 1.67. The Morgan fingerprint density at radius 3 is 2.41 bits per heavy atom. The molecule has 0 aromatic rings. The van der Waals surface area contributed by atoms with Gasteiger partial charge in [0.2, 0.25) is 0 Å². The molecule has 0 aromatic heterocycles. The van der Waals surface area contributed by atoms with Gasteiger partial charge in [-0.05, 0) is 33.6 Å². The minimum absolute atomic E-state index is 0.264. The van der Waals surface area contributed by atoms with Crippen molar-refractivity contribution < 1.29 is 9.53 Å². The highest BCUT2D eigenvalue weighted by Gasteiger charge is 2.20. The van der Waals surface area contributed by atoms with Crippen LogP contribution in [0.25, 0.3) is 0 Å². The fraction of sp³-hybridized carbons (Fsp3) is 0.750. The summed E-state index contributed by atoms with van der Waals surface area (Å²) in [5.41, 5.74) is 5.32. The van der Waals surface area contributed by atoms with Crippen molar-refractivity contribution in [3.63, 3.8) is 0 Å². The molecular weight excluding hydrogens is 218 g/mol. The fourth-order valence-electron chi connectivity index (χ4n) is 1.67. The van der Waals surface area contributed by atoms with Gasteiger partial charge in [-0.15, -0.1) is 0 Å². The van der Waals surface area contributed by atoms with Crippen molar-refractivity contribution in [3.8, 4) is 0 Å². The van der Waals surface area contributed by atoms with Crippen LogP contribution < -0.4 is 11.1 Å². The highest BCUT2D eigenvalue weighted by atomic mass is 16.6. The van der Waals surface area contributed by atoms with Crippen molar-refractivity contribution in [3.05, 3.63) is 12.4 Å². The van der Waals surface area contributed by atoms with Gasteiger partial charge < -0.3 is 15.4 Å². The van der Waals surface area contributed by atoms with E-state index >= 15 is 0 Å². The van der Waals surface area contributed by atoms with Gasteiger partial charge >= 0.3 is 6.09 Å². The molecule has 0 bridgehead atoms. The Morgan fingerprint density at radius 1 is 1.41 bits per heavy atom. The van der Waals surface area contributed by atoms with E-state index in [1.807, 2.05) is 25.7 Å². The Hall–Kier alpha value is -1.23. The molecule has 98 valence electrons. The zero-order chi connectivity index (χ0) is 13.1. The van der Waals surface area contributed by atoms with Gasteiger partial charge in [0.25, 0.3) is 0 Å². The first kappa shape index (κ1) is 13.8. The molecule has 1 amide bonds. The van der Waals surface area contributed by atoms with Gasteiger partial charge in [0.1, 0.15) is 11.4 Å². The predicted octanol–water partition coefficient (Wildman–Crippen LogP) is 1.41. The number of alkyl carbamates (subject to hydrolysis) is 1. The second-order valence-corrected chi connectivity index (χ2v) is 5.40. The van der Waals surface area contributed by atoms with Crippen LogP contribution in [0.4, 0.5) is 4.79 Å². The zero-order valence-corrected chi connectivity index (χ0v) is 11.0. The first-order valence-corrected chi connectivity index (χ1v) is 5.97. The van der Waals surface area contributed by atoms with E-state index in [9.17, 15) is 4.79 Å². The number of carbonyl (C=O) groups excluding carboxylic acids is 1. The molecule has 0 aromatic carbocycles. The molecule has 0 aliphatic carbocycles. The van der Waals surface area contributed by atoms with E-state index in [2.05, 4.69) is 11.9 Å². The third-order valence-electron chi connectivity index (χ3n) is 2.57. The summed E-state index contributed by atoms with van der Waals surface area (Å²) in [4.78, 5) is 13.6. The van der Waals surface area contributed by atoms with Gasteiger partial charge in [-0.3, -0.25) is 5.32 Å². The summed E-state index contributed by atoms with van der Waals surface area (Å²) in [6.45, 7) is 11.0. The molecule has 1 fully saturated rings. The second-order valence-electron chi connectivity index (χ2n) is 5.40. The van der Waals surface area contributed by atoms with Gasteiger partial charge in [-0.25, -0.2) is 4.79 Å². The lowest BCUT2D eigenvalue weighted by Crippen LogP contribution is -2.44. The molecule has 0 atom stereocenters. The van der Waals surface area contributed by atoms with Gasteiger partial charge in [0.05, 0.1) is 0 Å². The summed E-state index contributed by atoms with van der Waals surface area (Å²) in [6, 6.07) is 0.264. The minimum Gasteiger partial charge on any atom is -0.444 e. The molecule has 3 N–H and O–H groups in total. The molecule has 5 nitrogen and oxygen atoms in total. The Labute approximate surface area is 103 Å². The largest absolute Gasteiger partial charge is 0.444 e. The maximum atomic E-state index is 11.5. The number of nitrogens with two attached hydrogens (primary N) is 1. The third-order valence-corrected chi connectivity index (χ3v) is 2.57. The Kier molecular flexibility index (Phi) is 4.40. The van der Waals surface area contributed by atoms with Crippen LogP contribution in [0.15, 0.2) is 12.4 Å². The SMILES string of the molecule is C=C(NC(=O)OC(C)(C)C)N1CCC(N)CC1. The third kappa shape index (κ3) is 5.08. The number of carbonyl (C=O) groups is 1. The number of amides is 1. The van der Waals surface area contributed by atoms with E-state index in [0.717, 1.165) is 25.9 Å². The lowest BCUT2D eigenvalue weighted by atomic mass is 10.1. The number of hydrogen-bond acceptors (Lipinski definition) is 4. The van der Waals surface area contributed by atoms with E-state index in [1.54, 1.807) is 0 Å². The molecule has 1 aliphatic heterocycles. The van der Waals surface area contributed by atoms with Crippen LogP contribution in [-0.4, -0.2) is 35.7 Å². The molecule has 0 spiro atoms. The summed E-state index contributed by atoms with van der Waals surface area (Å²) >= 11 is 0. The van der Waals surface area contributed by atoms with Gasteiger partial charge in [0.15, 0.2) is 0 Å². The maximum absolute atomic E-state index is 11.5. The van der Waals surface area contributed by atoms with E-state index < -0.39 is 11.7 Å². The average Bonchev–Trinajstić information content (AvgIpc) is 2.15. The van der Waals surface area contributed by atoms with E-state index in [1.165, 1.54) is 0 Å². The van der Waals surface area contributed by atoms with Crippen molar-refractivity contribution in [2.45, 2.75) is 45.3 Å². The topological polar surface area (TPSA) is 67.6 Å². The summed E-state index contributed by atoms with van der Waals surface area (Å²) in [5, 5.41) is 2.65. The highest BCUT2D eigenvalue weighted by Crippen LogP contribution is 2.12. The highest BCUT2D eigenvalue weighted by molar-refractivity contribution is 5.69. The number of nitrogens with zero attached hydrogens (tertiary/aromatic N) is 1. The molecule has 0 unspecified atom stereocenters. The van der Waals surface area contributed by atoms with Gasteiger partial charge in [-0.2, -0.15) is 0 Å². The number of rotatable bonds is 2. The predicted molar refractivity (Wildman–Crippen MR) is 67.3 cm³/mol. The smallest absolute Gasteiger partial charge is 0.413 e. The van der Waals surface area contributed by atoms with Crippen molar-refractivity contribution >= 4 is 6.09 Å².